The summed E-state index contributed by atoms with van der Waals surface area (Å²) in [6, 6.07) is 15.5. The fraction of sp³-hybridized carbons (Fsp3) is 0.333. The van der Waals surface area contributed by atoms with E-state index in [1.807, 2.05) is 6.92 Å². The smallest absolute Gasteiger partial charge is 0.251 e. The first-order valence-corrected chi connectivity index (χ1v) is 16.2. The Labute approximate surface area is 249 Å². The number of fused-ring (bicyclic) bond motifs is 1. The van der Waals surface area contributed by atoms with Crippen LogP contribution in [0.1, 0.15) is 60.2 Å². The number of amides is 1. The van der Waals surface area contributed by atoms with Crippen molar-refractivity contribution >= 4 is 38.4 Å². The fourth-order valence-electron chi connectivity index (χ4n) is 5.50. The third-order valence-electron chi connectivity index (χ3n) is 7.85. The number of rotatable bonds is 12. The second-order valence-corrected chi connectivity index (χ2v) is 12.8. The predicted octanol–water partition coefficient (Wildman–Crippen LogP) is 7.15. The van der Waals surface area contributed by atoms with Crippen molar-refractivity contribution in [2.45, 2.75) is 45.6 Å². The van der Waals surface area contributed by atoms with E-state index in [2.05, 4.69) is 5.32 Å². The Morgan fingerprint density at radius 2 is 1.77 bits per heavy atom. The molecule has 1 aliphatic carbocycles. The number of nitrogens with one attached hydrogen (secondary N) is 1. The molecule has 1 aliphatic rings. The van der Waals surface area contributed by atoms with Crippen LogP contribution in [0.3, 0.4) is 0 Å². The normalized spacial score (nSPS) is 14.1. The zero-order valence-electron chi connectivity index (χ0n) is 24.3. The standard InChI is InChI=1S/C33H34F2N2O5S/c1-4-27(20-9-10-20)36-33(39)23-8-6-7-22(17-23)25-18-26-30(19-28(25)37(16-15-34)43(3,40)41)42-32(31(26)29(38)5-2)21-11-13-24(35)14-12-21/h6-8,11-14,17-20,27H,4-5,9-10,15-16H2,1-3H3,(H,36,39)/t27-/m0/s1. The van der Waals surface area contributed by atoms with Crippen LogP contribution in [-0.2, 0) is 10.0 Å². The number of ketones is 1. The lowest BCUT2D eigenvalue weighted by Crippen LogP contribution is -2.35. The molecule has 1 atom stereocenters. The minimum absolute atomic E-state index is 0.0757. The van der Waals surface area contributed by atoms with Gasteiger partial charge in [0.25, 0.3) is 5.91 Å². The van der Waals surface area contributed by atoms with Crippen molar-refractivity contribution in [1.29, 1.82) is 0 Å². The van der Waals surface area contributed by atoms with Crippen molar-refractivity contribution in [2.75, 3.05) is 23.8 Å². The maximum absolute atomic E-state index is 13.7. The Hall–Kier alpha value is -4.05. The molecule has 7 nitrogen and oxygen atoms in total. The van der Waals surface area contributed by atoms with Crippen molar-refractivity contribution in [3.8, 4) is 22.5 Å². The van der Waals surface area contributed by atoms with Crippen molar-refractivity contribution in [3.05, 3.63) is 77.6 Å². The van der Waals surface area contributed by atoms with Gasteiger partial charge in [0.1, 0.15) is 23.8 Å². The molecule has 4 aromatic rings. The fourth-order valence-corrected chi connectivity index (χ4v) is 6.41. The number of nitrogens with zero attached hydrogens (tertiary/aromatic N) is 1. The van der Waals surface area contributed by atoms with E-state index in [1.54, 1.807) is 37.3 Å². The summed E-state index contributed by atoms with van der Waals surface area (Å²) < 4.78 is 60.3. The Morgan fingerprint density at radius 1 is 1.05 bits per heavy atom. The molecular formula is C33H34F2N2O5S. The summed E-state index contributed by atoms with van der Waals surface area (Å²) in [6.07, 6.45) is 4.13. The van der Waals surface area contributed by atoms with Crippen LogP contribution in [0.2, 0.25) is 0 Å². The summed E-state index contributed by atoms with van der Waals surface area (Å²) in [7, 11) is -3.95. The van der Waals surface area contributed by atoms with Gasteiger partial charge >= 0.3 is 0 Å². The Balaban J connectivity index is 1.73. The van der Waals surface area contributed by atoms with Crippen molar-refractivity contribution in [2.24, 2.45) is 5.92 Å². The zero-order valence-corrected chi connectivity index (χ0v) is 25.1. The van der Waals surface area contributed by atoms with Crippen LogP contribution in [-0.4, -0.2) is 45.6 Å². The number of benzene rings is 3. The monoisotopic (exact) mass is 608 g/mol. The number of sulfonamides is 1. The van der Waals surface area contributed by atoms with Gasteiger partial charge in [0.15, 0.2) is 5.78 Å². The van der Waals surface area contributed by atoms with Crippen molar-refractivity contribution < 1.29 is 31.2 Å². The van der Waals surface area contributed by atoms with Crippen molar-refractivity contribution in [3.63, 3.8) is 0 Å². The van der Waals surface area contributed by atoms with E-state index in [0.717, 1.165) is 29.8 Å². The molecule has 10 heteroatoms. The number of halogens is 2. The van der Waals surface area contributed by atoms with Gasteiger partial charge in [-0.15, -0.1) is 0 Å². The molecule has 1 N–H and O–H groups in total. The predicted molar refractivity (Wildman–Crippen MR) is 164 cm³/mol. The van der Waals surface area contributed by atoms with Gasteiger partial charge in [0.2, 0.25) is 10.0 Å². The average molecular weight is 609 g/mol. The molecule has 1 aromatic heterocycles. The summed E-state index contributed by atoms with van der Waals surface area (Å²) in [5.41, 5.74) is 2.39. The molecule has 3 aromatic carbocycles. The Morgan fingerprint density at radius 3 is 2.37 bits per heavy atom. The number of furan rings is 1. The molecule has 0 aliphatic heterocycles. The molecule has 0 unspecified atom stereocenters. The second-order valence-electron chi connectivity index (χ2n) is 10.9. The van der Waals surface area contributed by atoms with Gasteiger partial charge in [-0.05, 0) is 73.2 Å². The molecule has 0 radical (unpaired) electrons. The summed E-state index contributed by atoms with van der Waals surface area (Å²) >= 11 is 0. The zero-order chi connectivity index (χ0) is 30.9. The minimum Gasteiger partial charge on any atom is -0.455 e. The molecule has 1 fully saturated rings. The van der Waals surface area contributed by atoms with Crippen LogP contribution in [0.4, 0.5) is 14.5 Å². The van der Waals surface area contributed by atoms with Crippen molar-refractivity contribution in [1.82, 2.24) is 5.32 Å². The first-order chi connectivity index (χ1) is 20.5. The maximum Gasteiger partial charge on any atom is 0.251 e. The average Bonchev–Trinajstić information content (AvgIpc) is 3.77. The second kappa shape index (κ2) is 12.3. The lowest BCUT2D eigenvalue weighted by atomic mass is 9.95. The highest BCUT2D eigenvalue weighted by molar-refractivity contribution is 7.92. The maximum atomic E-state index is 13.7. The van der Waals surface area contributed by atoms with Crippen LogP contribution in [0, 0.1) is 11.7 Å². The number of hydrogen-bond acceptors (Lipinski definition) is 5. The van der Waals surface area contributed by atoms with E-state index in [4.69, 9.17) is 4.42 Å². The molecule has 5 rings (SSSR count). The van der Waals surface area contributed by atoms with Gasteiger partial charge in [-0.25, -0.2) is 17.2 Å². The lowest BCUT2D eigenvalue weighted by Gasteiger charge is -2.24. The first-order valence-electron chi connectivity index (χ1n) is 14.4. The van der Waals surface area contributed by atoms with Crippen LogP contribution in [0.5, 0.6) is 0 Å². The number of anilines is 1. The van der Waals surface area contributed by atoms with E-state index in [-0.39, 0.29) is 46.7 Å². The highest BCUT2D eigenvalue weighted by atomic mass is 32.2. The van der Waals surface area contributed by atoms with Gasteiger partial charge in [-0.3, -0.25) is 13.9 Å². The molecule has 226 valence electrons. The molecule has 1 saturated carbocycles. The molecule has 0 spiro atoms. The summed E-state index contributed by atoms with van der Waals surface area (Å²) in [6.45, 7) is 2.37. The number of carbonyl (C=O) groups is 2. The van der Waals surface area contributed by atoms with E-state index in [1.165, 1.54) is 30.3 Å². The highest BCUT2D eigenvalue weighted by Crippen LogP contribution is 2.42. The van der Waals surface area contributed by atoms with Gasteiger partial charge in [-0.1, -0.05) is 26.0 Å². The van der Waals surface area contributed by atoms with E-state index in [9.17, 15) is 26.8 Å². The molecule has 0 saturated heterocycles. The van der Waals surface area contributed by atoms with Crippen LogP contribution in [0.25, 0.3) is 33.4 Å². The quantitative estimate of drug-likeness (QED) is 0.172. The van der Waals surface area contributed by atoms with Gasteiger partial charge in [-0.2, -0.15) is 0 Å². The summed E-state index contributed by atoms with van der Waals surface area (Å²) in [5.74, 6) is -0.217. The lowest BCUT2D eigenvalue weighted by molar-refractivity contribution is 0.0929. The largest absolute Gasteiger partial charge is 0.455 e. The van der Waals surface area contributed by atoms with Gasteiger partial charge in [0.05, 0.1) is 24.1 Å². The minimum atomic E-state index is -3.95. The van der Waals surface area contributed by atoms with E-state index >= 15 is 0 Å². The van der Waals surface area contributed by atoms with Crippen LogP contribution >= 0.6 is 0 Å². The number of alkyl halides is 1. The highest BCUT2D eigenvalue weighted by Gasteiger charge is 2.31. The van der Waals surface area contributed by atoms with Gasteiger partial charge < -0.3 is 9.73 Å². The molecule has 0 bridgehead atoms. The number of carbonyl (C=O) groups excluding carboxylic acids is 2. The topological polar surface area (TPSA) is 96.7 Å². The van der Waals surface area contributed by atoms with Gasteiger partial charge in [0, 0.05) is 40.6 Å². The van der Waals surface area contributed by atoms with Crippen LogP contribution < -0.4 is 9.62 Å². The molecular weight excluding hydrogens is 574 g/mol. The number of hydrogen-bond donors (Lipinski definition) is 1. The van der Waals surface area contributed by atoms with Crippen LogP contribution in [0.15, 0.2) is 65.1 Å². The third-order valence-corrected chi connectivity index (χ3v) is 9.03. The summed E-state index contributed by atoms with van der Waals surface area (Å²) in [5, 5.41) is 3.54. The summed E-state index contributed by atoms with van der Waals surface area (Å²) in [4.78, 5) is 26.5. The first kappa shape index (κ1) is 30.4. The SMILES string of the molecule is CCC(=O)c1c(-c2ccc(F)cc2)oc2cc(N(CCF)S(C)(=O)=O)c(-c3cccc(C(=O)N[C@@H](CC)C4CC4)c3)cc12. The molecule has 1 heterocycles. The van der Waals surface area contributed by atoms with E-state index < -0.39 is 29.1 Å². The third kappa shape index (κ3) is 6.34. The number of Topliss-reactive ketones (excluding diaryl/α,β-unsaturated/α-hetero) is 1. The molecule has 43 heavy (non-hydrogen) atoms. The molecule has 1 amide bonds. The Bertz CT molecular complexity index is 1780. The Kier molecular flexibility index (Phi) is 8.69. The van der Waals surface area contributed by atoms with E-state index in [0.29, 0.717) is 33.6 Å².